The van der Waals surface area contributed by atoms with E-state index in [1.165, 1.54) is 49.4 Å². The van der Waals surface area contributed by atoms with E-state index in [0.29, 0.717) is 23.7 Å². The van der Waals surface area contributed by atoms with Crippen LogP contribution in [-0.2, 0) is 4.74 Å². The lowest BCUT2D eigenvalue weighted by molar-refractivity contribution is -0.0139. The average molecular weight is 503 g/mol. The zero-order valence-electron chi connectivity index (χ0n) is 21.8. The van der Waals surface area contributed by atoms with Crippen molar-refractivity contribution >= 4 is 17.7 Å². The lowest BCUT2D eigenvalue weighted by Gasteiger charge is -2.47. The summed E-state index contributed by atoms with van der Waals surface area (Å²) < 4.78 is 7.08. The highest BCUT2D eigenvalue weighted by Crippen LogP contribution is 2.52. The van der Waals surface area contributed by atoms with Gasteiger partial charge in [0, 0.05) is 17.8 Å². The molecule has 188 valence electrons. The molecule has 0 spiro atoms. The van der Waals surface area contributed by atoms with Crippen LogP contribution in [0.25, 0.3) is 17.7 Å². The fraction of sp³-hybridized carbons (Fsp3) is 0.211. The molecule has 39 heavy (non-hydrogen) atoms. The fourth-order valence-corrected chi connectivity index (χ4v) is 8.29. The first-order chi connectivity index (χ1) is 19.3. The maximum Gasteiger partial charge on any atom is 0.0936 e. The molecule has 7 unspecified atom stereocenters. The van der Waals surface area contributed by atoms with Crippen molar-refractivity contribution in [2.24, 2.45) is 23.7 Å². The standard InChI is InChI=1S/C38H30O/c1-3-9-27-23(7-1)17-20-31-30(27)19-18-24-15-16-26(21-35(24)31)29-11-5-14-34-33-13-6-12-32-28-10-4-2-8-25(28)22-36(37(32)33)39-38(29)34/h1-20,22,30-31,34-38H,21H2. The van der Waals surface area contributed by atoms with Crippen molar-refractivity contribution < 1.29 is 4.74 Å². The Morgan fingerprint density at radius 1 is 0.744 bits per heavy atom. The van der Waals surface area contributed by atoms with Gasteiger partial charge in [-0.25, -0.2) is 0 Å². The lowest BCUT2D eigenvalue weighted by atomic mass is 9.63. The number of allylic oxidation sites excluding steroid dienone is 11. The van der Waals surface area contributed by atoms with Crippen molar-refractivity contribution in [3.8, 4) is 0 Å². The lowest BCUT2D eigenvalue weighted by Crippen LogP contribution is -2.49. The highest BCUT2D eigenvalue weighted by atomic mass is 16.5. The van der Waals surface area contributed by atoms with Crippen molar-refractivity contribution in [1.82, 2.24) is 0 Å². The second-order valence-corrected chi connectivity index (χ2v) is 11.9. The topological polar surface area (TPSA) is 9.23 Å². The highest BCUT2D eigenvalue weighted by molar-refractivity contribution is 5.72. The van der Waals surface area contributed by atoms with Crippen LogP contribution in [-0.4, -0.2) is 12.2 Å². The van der Waals surface area contributed by atoms with Crippen LogP contribution in [0.4, 0.5) is 0 Å². The van der Waals surface area contributed by atoms with E-state index in [1.807, 2.05) is 0 Å². The van der Waals surface area contributed by atoms with Gasteiger partial charge < -0.3 is 4.74 Å². The number of hydrogen-bond donors (Lipinski definition) is 0. The molecule has 0 N–H and O–H groups in total. The first-order valence-electron chi connectivity index (χ1n) is 14.4. The molecule has 0 radical (unpaired) electrons. The van der Waals surface area contributed by atoms with Crippen LogP contribution in [0.1, 0.15) is 23.5 Å². The monoisotopic (exact) mass is 502 g/mol. The molecule has 9 rings (SSSR count). The van der Waals surface area contributed by atoms with Crippen molar-refractivity contribution in [1.29, 1.82) is 0 Å². The maximum atomic E-state index is 7.08. The summed E-state index contributed by atoms with van der Waals surface area (Å²) in [5.74, 6) is 2.03. The Morgan fingerprint density at radius 2 is 1.67 bits per heavy atom. The van der Waals surface area contributed by atoms with E-state index in [0.717, 1.165) is 6.42 Å². The molecule has 0 amide bonds. The van der Waals surface area contributed by atoms with Crippen LogP contribution in [0.15, 0.2) is 138 Å². The zero-order chi connectivity index (χ0) is 25.5. The smallest absolute Gasteiger partial charge is 0.0936 e. The zero-order valence-corrected chi connectivity index (χ0v) is 21.8. The minimum absolute atomic E-state index is 0.0514. The van der Waals surface area contributed by atoms with E-state index >= 15 is 0 Å². The van der Waals surface area contributed by atoms with Gasteiger partial charge in [-0.2, -0.15) is 0 Å². The van der Waals surface area contributed by atoms with Gasteiger partial charge in [0.05, 0.1) is 12.2 Å². The molecule has 0 saturated carbocycles. The van der Waals surface area contributed by atoms with Gasteiger partial charge in [0.15, 0.2) is 0 Å². The van der Waals surface area contributed by atoms with Crippen LogP contribution in [0.5, 0.6) is 0 Å². The van der Waals surface area contributed by atoms with E-state index in [1.54, 1.807) is 0 Å². The Morgan fingerprint density at radius 3 is 2.67 bits per heavy atom. The molecule has 2 aromatic rings. The molecule has 1 aliphatic heterocycles. The molecule has 7 aliphatic rings. The number of rotatable bonds is 1. The molecule has 1 heterocycles. The summed E-state index contributed by atoms with van der Waals surface area (Å²) >= 11 is 0. The minimum atomic E-state index is 0.0514. The molecule has 1 nitrogen and oxygen atoms in total. The van der Waals surface area contributed by atoms with Gasteiger partial charge in [0.25, 0.3) is 0 Å². The van der Waals surface area contributed by atoms with Crippen molar-refractivity contribution in [3.63, 3.8) is 0 Å². The summed E-state index contributed by atoms with van der Waals surface area (Å²) in [5.41, 5.74) is 10.0. The maximum absolute atomic E-state index is 7.08. The Kier molecular flexibility index (Phi) is 4.66. The predicted molar refractivity (Wildman–Crippen MR) is 159 cm³/mol. The first-order valence-corrected chi connectivity index (χ1v) is 14.4. The summed E-state index contributed by atoms with van der Waals surface area (Å²) in [6, 6.07) is 17.7. The van der Waals surface area contributed by atoms with Gasteiger partial charge in [-0.1, -0.05) is 121 Å². The van der Waals surface area contributed by atoms with Crippen LogP contribution in [0, 0.1) is 23.7 Å². The normalized spacial score (nSPS) is 34.1. The Balaban J connectivity index is 1.08. The molecule has 0 aromatic heterocycles. The SMILES string of the molecule is C1=CC2=c3ccccc3=CC3OC4C(C5=CC=C6C=CC7c8ccccc8C=CC7C6C5)=CC=CC4C(=C1)C23. The summed E-state index contributed by atoms with van der Waals surface area (Å²) in [7, 11) is 0. The summed E-state index contributed by atoms with van der Waals surface area (Å²) in [6.07, 6.45) is 31.9. The summed E-state index contributed by atoms with van der Waals surface area (Å²) in [6.45, 7) is 0. The molecule has 7 atom stereocenters. The van der Waals surface area contributed by atoms with E-state index in [4.69, 9.17) is 4.74 Å². The molecular weight excluding hydrogens is 472 g/mol. The highest BCUT2D eigenvalue weighted by Gasteiger charge is 2.46. The predicted octanol–water partition coefficient (Wildman–Crippen LogP) is 6.49. The summed E-state index contributed by atoms with van der Waals surface area (Å²) in [5, 5.41) is 2.65. The van der Waals surface area contributed by atoms with E-state index in [2.05, 4.69) is 128 Å². The van der Waals surface area contributed by atoms with Crippen LogP contribution < -0.4 is 10.4 Å². The number of fused-ring (bicyclic) bond motifs is 8. The molecule has 1 fully saturated rings. The van der Waals surface area contributed by atoms with Crippen molar-refractivity contribution in [2.75, 3.05) is 0 Å². The third kappa shape index (κ3) is 3.17. The average Bonchev–Trinajstić information content (AvgIpc) is 3.00. The Labute approximate surface area is 229 Å². The molecular formula is C38H30O. The van der Waals surface area contributed by atoms with Crippen LogP contribution in [0.2, 0.25) is 0 Å². The second-order valence-electron chi connectivity index (χ2n) is 11.9. The molecule has 0 bridgehead atoms. The van der Waals surface area contributed by atoms with Gasteiger partial charge in [-0.3, -0.25) is 0 Å². The minimum Gasteiger partial charge on any atom is -0.364 e. The van der Waals surface area contributed by atoms with Gasteiger partial charge >= 0.3 is 0 Å². The third-order valence-electron chi connectivity index (χ3n) is 10.1. The van der Waals surface area contributed by atoms with Crippen molar-refractivity contribution in [2.45, 2.75) is 24.5 Å². The van der Waals surface area contributed by atoms with Crippen LogP contribution >= 0.6 is 0 Å². The fourth-order valence-electron chi connectivity index (χ4n) is 8.29. The van der Waals surface area contributed by atoms with E-state index < -0.39 is 0 Å². The second kappa shape index (κ2) is 8.28. The van der Waals surface area contributed by atoms with Gasteiger partial charge in [-0.05, 0) is 73.8 Å². The van der Waals surface area contributed by atoms with Gasteiger partial charge in [0.1, 0.15) is 0 Å². The van der Waals surface area contributed by atoms with Gasteiger partial charge in [-0.15, -0.1) is 0 Å². The third-order valence-corrected chi connectivity index (χ3v) is 10.1. The van der Waals surface area contributed by atoms with E-state index in [-0.39, 0.29) is 18.1 Å². The molecule has 1 heteroatoms. The van der Waals surface area contributed by atoms with Gasteiger partial charge in [0.2, 0.25) is 0 Å². The molecule has 1 saturated heterocycles. The van der Waals surface area contributed by atoms with Crippen LogP contribution in [0.3, 0.4) is 0 Å². The molecule has 2 aromatic carbocycles. The largest absolute Gasteiger partial charge is 0.364 e. The number of ether oxygens (including phenoxy) is 1. The van der Waals surface area contributed by atoms with Crippen molar-refractivity contribution in [3.05, 3.63) is 159 Å². The summed E-state index contributed by atoms with van der Waals surface area (Å²) in [4.78, 5) is 0. The van der Waals surface area contributed by atoms with E-state index in [9.17, 15) is 0 Å². The molecule has 6 aliphatic carbocycles. The first kappa shape index (κ1) is 21.9. The Bertz CT molecular complexity index is 1800. The number of hydrogen-bond acceptors (Lipinski definition) is 1. The Hall–Kier alpha value is -3.94. The quantitative estimate of drug-likeness (QED) is 0.433. The number of benzene rings is 2.